The van der Waals surface area contributed by atoms with Crippen LogP contribution >= 0.6 is 11.8 Å². The predicted molar refractivity (Wildman–Crippen MR) is 82.0 cm³/mol. The molecule has 1 fully saturated rings. The summed E-state index contributed by atoms with van der Waals surface area (Å²) < 4.78 is 7.05. The Morgan fingerprint density at radius 1 is 1.24 bits per heavy atom. The number of aromatic nitrogens is 2. The fourth-order valence-electron chi connectivity index (χ4n) is 2.66. The molecule has 0 spiro atoms. The summed E-state index contributed by atoms with van der Waals surface area (Å²) in [6.07, 6.45) is 1.84. The summed E-state index contributed by atoms with van der Waals surface area (Å²) in [5, 5.41) is 0.798. The van der Waals surface area contributed by atoms with Gasteiger partial charge >= 0.3 is 0 Å². The molecule has 0 radical (unpaired) electrons. The Kier molecular flexibility index (Phi) is 3.20. The molecule has 0 atom stereocenters. The first kappa shape index (κ1) is 12.9. The van der Waals surface area contributed by atoms with Crippen LogP contribution in [0.3, 0.4) is 0 Å². The number of benzene rings is 1. The molecule has 0 bridgehead atoms. The van der Waals surface area contributed by atoms with E-state index < -0.39 is 0 Å². The van der Waals surface area contributed by atoms with Crippen LogP contribution in [0.25, 0.3) is 11.3 Å². The lowest BCUT2D eigenvalue weighted by molar-refractivity contribution is 0.0939. The van der Waals surface area contributed by atoms with Crippen LogP contribution in [0.4, 0.5) is 5.69 Å². The summed E-state index contributed by atoms with van der Waals surface area (Å²) >= 11 is 1.50. The van der Waals surface area contributed by atoms with E-state index in [9.17, 15) is 4.79 Å². The third-order valence-corrected chi connectivity index (χ3v) is 4.72. The van der Waals surface area contributed by atoms with Crippen molar-refractivity contribution in [2.75, 3.05) is 37.0 Å². The van der Waals surface area contributed by atoms with Crippen molar-refractivity contribution in [2.24, 2.45) is 0 Å². The zero-order chi connectivity index (χ0) is 14.2. The van der Waals surface area contributed by atoms with Crippen LogP contribution in [0.2, 0.25) is 0 Å². The molecule has 4 rings (SSSR count). The largest absolute Gasteiger partial charge is 0.378 e. The molecule has 0 amide bonds. The molecule has 21 heavy (non-hydrogen) atoms. The summed E-state index contributed by atoms with van der Waals surface area (Å²) in [7, 11) is 0. The van der Waals surface area contributed by atoms with Gasteiger partial charge in [-0.15, -0.1) is 0 Å². The molecule has 3 heterocycles. The molecule has 108 valence electrons. The molecule has 1 aromatic carbocycles. The van der Waals surface area contributed by atoms with Gasteiger partial charge in [0.15, 0.2) is 5.16 Å². The molecule has 0 unspecified atom stereocenters. The van der Waals surface area contributed by atoms with Crippen LogP contribution in [0, 0.1) is 0 Å². The predicted octanol–water partition coefficient (Wildman–Crippen LogP) is 2.13. The SMILES string of the molecule is O=C1CSc2nc(-c3cccc(N4CCOCC4)c3)cn21. The second-order valence-electron chi connectivity index (χ2n) is 5.11. The van der Waals surface area contributed by atoms with Gasteiger partial charge in [0.25, 0.3) is 0 Å². The quantitative estimate of drug-likeness (QED) is 0.850. The summed E-state index contributed by atoms with van der Waals surface area (Å²) in [6.45, 7) is 3.37. The molecule has 2 aliphatic heterocycles. The second kappa shape index (κ2) is 5.20. The number of thioether (sulfide) groups is 1. The van der Waals surface area contributed by atoms with Crippen LogP contribution in [-0.2, 0) is 4.74 Å². The van der Waals surface area contributed by atoms with E-state index in [4.69, 9.17) is 4.74 Å². The average Bonchev–Trinajstić information content (AvgIpc) is 3.11. The summed E-state index contributed by atoms with van der Waals surface area (Å²) in [4.78, 5) is 18.6. The highest BCUT2D eigenvalue weighted by molar-refractivity contribution is 8.00. The maximum Gasteiger partial charge on any atom is 0.243 e. The van der Waals surface area contributed by atoms with Crippen molar-refractivity contribution in [2.45, 2.75) is 5.16 Å². The number of rotatable bonds is 2. The van der Waals surface area contributed by atoms with E-state index in [2.05, 4.69) is 22.0 Å². The van der Waals surface area contributed by atoms with E-state index in [0.29, 0.717) is 5.75 Å². The number of morpholine rings is 1. The number of carbonyl (C=O) groups excluding carboxylic acids is 1. The van der Waals surface area contributed by atoms with Crippen LogP contribution in [0.1, 0.15) is 4.79 Å². The molecule has 0 N–H and O–H groups in total. The number of carbonyl (C=O) groups is 1. The molecule has 1 aromatic heterocycles. The fourth-order valence-corrected chi connectivity index (χ4v) is 3.51. The van der Waals surface area contributed by atoms with Crippen molar-refractivity contribution < 1.29 is 9.53 Å². The average molecular weight is 301 g/mol. The molecule has 2 aliphatic rings. The summed E-state index contributed by atoms with van der Waals surface area (Å²) in [6, 6.07) is 8.33. The smallest absolute Gasteiger partial charge is 0.243 e. The molecule has 0 saturated carbocycles. The van der Waals surface area contributed by atoms with Gasteiger partial charge in [-0.2, -0.15) is 0 Å². The molecule has 1 saturated heterocycles. The van der Waals surface area contributed by atoms with Gasteiger partial charge < -0.3 is 9.64 Å². The minimum absolute atomic E-state index is 0.109. The highest BCUT2D eigenvalue weighted by atomic mass is 32.2. The minimum atomic E-state index is 0.109. The third kappa shape index (κ3) is 2.34. The first-order chi connectivity index (χ1) is 10.3. The van der Waals surface area contributed by atoms with Gasteiger partial charge in [-0.1, -0.05) is 23.9 Å². The van der Waals surface area contributed by atoms with Gasteiger partial charge in [0.05, 0.1) is 24.7 Å². The first-order valence-electron chi connectivity index (χ1n) is 7.00. The maximum absolute atomic E-state index is 11.7. The van der Waals surface area contributed by atoms with Crippen molar-refractivity contribution in [3.05, 3.63) is 30.5 Å². The Bertz CT molecular complexity index is 692. The number of hydrogen-bond donors (Lipinski definition) is 0. The van der Waals surface area contributed by atoms with Crippen LogP contribution in [0.5, 0.6) is 0 Å². The topological polar surface area (TPSA) is 47.4 Å². The maximum atomic E-state index is 11.7. The standard InChI is InChI=1S/C15H15N3O2S/c19-14-10-21-15-16-13(9-18(14)15)11-2-1-3-12(8-11)17-4-6-20-7-5-17/h1-3,8-9H,4-7,10H2. The molecule has 6 heteroatoms. The van der Waals surface area contributed by atoms with Gasteiger partial charge in [-0.05, 0) is 12.1 Å². The number of imidazole rings is 1. The minimum Gasteiger partial charge on any atom is -0.378 e. The molecule has 0 aliphatic carbocycles. The third-order valence-electron chi connectivity index (χ3n) is 3.79. The zero-order valence-corrected chi connectivity index (χ0v) is 12.3. The Morgan fingerprint density at radius 3 is 2.90 bits per heavy atom. The number of anilines is 1. The van der Waals surface area contributed by atoms with Crippen molar-refractivity contribution in [3.8, 4) is 11.3 Å². The fraction of sp³-hybridized carbons (Fsp3) is 0.333. The number of ether oxygens (including phenoxy) is 1. The van der Waals surface area contributed by atoms with Crippen molar-refractivity contribution in [3.63, 3.8) is 0 Å². The van der Waals surface area contributed by atoms with Crippen LogP contribution in [0.15, 0.2) is 35.6 Å². The lowest BCUT2D eigenvalue weighted by Gasteiger charge is -2.29. The summed E-state index contributed by atoms with van der Waals surface area (Å²) in [5.74, 6) is 0.606. The van der Waals surface area contributed by atoms with E-state index in [0.717, 1.165) is 42.7 Å². The van der Waals surface area contributed by atoms with Gasteiger partial charge in [0, 0.05) is 30.5 Å². The van der Waals surface area contributed by atoms with Crippen molar-refractivity contribution >= 4 is 23.4 Å². The molecular formula is C15H15N3O2S. The van der Waals surface area contributed by atoms with Crippen molar-refractivity contribution in [1.29, 1.82) is 0 Å². The van der Waals surface area contributed by atoms with E-state index in [-0.39, 0.29) is 5.91 Å². The number of nitrogens with zero attached hydrogens (tertiary/aromatic N) is 3. The molecular weight excluding hydrogens is 286 g/mol. The Morgan fingerprint density at radius 2 is 2.10 bits per heavy atom. The van der Waals surface area contributed by atoms with E-state index in [1.54, 1.807) is 4.57 Å². The van der Waals surface area contributed by atoms with Gasteiger partial charge in [-0.3, -0.25) is 9.36 Å². The highest BCUT2D eigenvalue weighted by Crippen LogP contribution is 2.30. The number of hydrogen-bond acceptors (Lipinski definition) is 5. The van der Waals surface area contributed by atoms with Gasteiger partial charge in [0.1, 0.15) is 0 Å². The number of fused-ring (bicyclic) bond motifs is 1. The van der Waals surface area contributed by atoms with Crippen LogP contribution < -0.4 is 4.90 Å². The van der Waals surface area contributed by atoms with Gasteiger partial charge in [-0.25, -0.2) is 4.98 Å². The Balaban J connectivity index is 1.66. The monoisotopic (exact) mass is 301 g/mol. The Hall–Kier alpha value is -1.79. The van der Waals surface area contributed by atoms with Crippen LogP contribution in [-0.4, -0.2) is 47.5 Å². The normalized spacial score (nSPS) is 18.1. The van der Waals surface area contributed by atoms with E-state index >= 15 is 0 Å². The zero-order valence-electron chi connectivity index (χ0n) is 11.5. The van der Waals surface area contributed by atoms with E-state index in [1.807, 2.05) is 18.3 Å². The van der Waals surface area contributed by atoms with Crippen molar-refractivity contribution in [1.82, 2.24) is 9.55 Å². The molecule has 2 aromatic rings. The second-order valence-corrected chi connectivity index (χ2v) is 6.05. The highest BCUT2D eigenvalue weighted by Gasteiger charge is 2.22. The molecule has 5 nitrogen and oxygen atoms in total. The Labute approximate surface area is 126 Å². The van der Waals surface area contributed by atoms with Gasteiger partial charge in [0.2, 0.25) is 5.91 Å². The lowest BCUT2D eigenvalue weighted by atomic mass is 10.1. The first-order valence-corrected chi connectivity index (χ1v) is 7.98. The summed E-state index contributed by atoms with van der Waals surface area (Å²) in [5.41, 5.74) is 3.10. The van der Waals surface area contributed by atoms with E-state index in [1.165, 1.54) is 17.4 Å². The lowest BCUT2D eigenvalue weighted by Crippen LogP contribution is -2.36.